The molecule has 0 saturated heterocycles. The van der Waals surface area contributed by atoms with E-state index in [0.717, 1.165) is 12.8 Å². The lowest BCUT2D eigenvalue weighted by Crippen LogP contribution is -2.37. The third-order valence-corrected chi connectivity index (χ3v) is 3.81. The predicted molar refractivity (Wildman–Crippen MR) is 87.9 cm³/mol. The molecule has 23 heavy (non-hydrogen) atoms. The summed E-state index contributed by atoms with van der Waals surface area (Å²) < 4.78 is 10.6. The molecule has 1 aromatic rings. The van der Waals surface area contributed by atoms with Crippen LogP contribution in [0.25, 0.3) is 0 Å². The number of ether oxygens (including phenoxy) is 2. The van der Waals surface area contributed by atoms with Crippen LogP contribution in [0.1, 0.15) is 32.6 Å². The Labute approximate surface area is 145 Å². The normalized spacial score (nSPS) is 14.9. The van der Waals surface area contributed by atoms with Crippen molar-refractivity contribution in [3.05, 3.63) is 28.2 Å². The number of halogens is 2. The number of amides is 1. The molecule has 0 aliphatic heterocycles. The standard InChI is InChI=1S/C16H19Cl2NO4/c1-10(16(21)19-12-5-6-12)23-15(20)3-2-8-22-14-7-4-11(17)9-13(14)18/h4,7,9-10,12H,2-3,5-6,8H2,1H3,(H,19,21)/t10-/m1/s1. The first-order chi connectivity index (χ1) is 11.0. The highest BCUT2D eigenvalue weighted by Gasteiger charge is 2.27. The van der Waals surface area contributed by atoms with Gasteiger partial charge in [0.2, 0.25) is 0 Å². The summed E-state index contributed by atoms with van der Waals surface area (Å²) in [6.45, 7) is 1.89. The summed E-state index contributed by atoms with van der Waals surface area (Å²) >= 11 is 11.8. The maximum Gasteiger partial charge on any atom is 0.306 e. The minimum absolute atomic E-state index is 0.173. The van der Waals surface area contributed by atoms with E-state index in [1.807, 2.05) is 0 Å². The average molecular weight is 360 g/mol. The molecule has 1 aliphatic carbocycles. The van der Waals surface area contributed by atoms with Crippen LogP contribution in [-0.2, 0) is 14.3 Å². The van der Waals surface area contributed by atoms with Crippen LogP contribution >= 0.6 is 23.2 Å². The third kappa shape index (κ3) is 6.28. The smallest absolute Gasteiger partial charge is 0.306 e. The Morgan fingerprint density at radius 1 is 1.35 bits per heavy atom. The van der Waals surface area contributed by atoms with Crippen LogP contribution in [-0.4, -0.2) is 30.6 Å². The number of carbonyl (C=O) groups excluding carboxylic acids is 2. The first-order valence-corrected chi connectivity index (χ1v) is 8.29. The van der Waals surface area contributed by atoms with E-state index in [4.69, 9.17) is 32.7 Å². The lowest BCUT2D eigenvalue weighted by Gasteiger charge is -2.13. The zero-order valence-electron chi connectivity index (χ0n) is 12.8. The van der Waals surface area contributed by atoms with Gasteiger partial charge in [0.1, 0.15) is 5.75 Å². The largest absolute Gasteiger partial charge is 0.492 e. The summed E-state index contributed by atoms with van der Waals surface area (Å²) in [4.78, 5) is 23.4. The molecule has 0 unspecified atom stereocenters. The highest BCUT2D eigenvalue weighted by molar-refractivity contribution is 6.35. The molecule has 1 saturated carbocycles. The predicted octanol–water partition coefficient (Wildman–Crippen LogP) is 3.36. The van der Waals surface area contributed by atoms with E-state index in [1.165, 1.54) is 0 Å². The van der Waals surface area contributed by atoms with Crippen LogP contribution in [0.2, 0.25) is 10.0 Å². The van der Waals surface area contributed by atoms with Gasteiger partial charge in [-0.25, -0.2) is 0 Å². The van der Waals surface area contributed by atoms with Crippen molar-refractivity contribution in [1.29, 1.82) is 0 Å². The number of nitrogens with one attached hydrogen (secondary N) is 1. The maximum atomic E-state index is 11.7. The van der Waals surface area contributed by atoms with Gasteiger partial charge in [0.05, 0.1) is 11.6 Å². The van der Waals surface area contributed by atoms with E-state index in [0.29, 0.717) is 28.8 Å². The third-order valence-electron chi connectivity index (χ3n) is 3.28. The molecule has 1 amide bonds. The first-order valence-electron chi connectivity index (χ1n) is 7.53. The van der Waals surface area contributed by atoms with Crippen molar-refractivity contribution in [3.63, 3.8) is 0 Å². The lowest BCUT2D eigenvalue weighted by molar-refractivity contribution is -0.155. The van der Waals surface area contributed by atoms with Crippen molar-refractivity contribution in [2.24, 2.45) is 0 Å². The second-order valence-electron chi connectivity index (χ2n) is 5.44. The van der Waals surface area contributed by atoms with Crippen molar-refractivity contribution in [3.8, 4) is 5.75 Å². The molecular formula is C16H19Cl2NO4. The van der Waals surface area contributed by atoms with Gasteiger partial charge in [-0.2, -0.15) is 0 Å². The van der Waals surface area contributed by atoms with Crippen molar-refractivity contribution in [2.75, 3.05) is 6.61 Å². The van der Waals surface area contributed by atoms with E-state index in [9.17, 15) is 9.59 Å². The second kappa shape index (κ2) is 8.41. The monoisotopic (exact) mass is 359 g/mol. The van der Waals surface area contributed by atoms with Gasteiger partial charge in [0, 0.05) is 17.5 Å². The van der Waals surface area contributed by atoms with Crippen molar-refractivity contribution >= 4 is 35.1 Å². The van der Waals surface area contributed by atoms with Crippen LogP contribution in [0.5, 0.6) is 5.75 Å². The Kier molecular flexibility index (Phi) is 6.54. The molecule has 1 atom stereocenters. The number of carbonyl (C=O) groups is 2. The van der Waals surface area contributed by atoms with Crippen LogP contribution in [0.3, 0.4) is 0 Å². The highest BCUT2D eigenvalue weighted by Crippen LogP contribution is 2.27. The molecule has 2 rings (SSSR count). The Bertz CT molecular complexity index is 575. The number of esters is 1. The summed E-state index contributed by atoms with van der Waals surface area (Å²) in [7, 11) is 0. The molecule has 5 nitrogen and oxygen atoms in total. The quantitative estimate of drug-likeness (QED) is 0.570. The summed E-state index contributed by atoms with van der Waals surface area (Å²) in [5, 5.41) is 3.75. The number of hydrogen-bond acceptors (Lipinski definition) is 4. The molecule has 126 valence electrons. The fourth-order valence-electron chi connectivity index (χ4n) is 1.85. The Morgan fingerprint density at radius 2 is 2.09 bits per heavy atom. The van der Waals surface area contributed by atoms with E-state index >= 15 is 0 Å². The minimum atomic E-state index is -0.769. The molecule has 0 aromatic heterocycles. The molecule has 1 fully saturated rings. The summed E-state index contributed by atoms with van der Waals surface area (Å²) in [5.41, 5.74) is 0. The topological polar surface area (TPSA) is 64.6 Å². The average Bonchev–Trinajstić information content (AvgIpc) is 3.29. The molecule has 0 bridgehead atoms. The van der Waals surface area contributed by atoms with Crippen LogP contribution < -0.4 is 10.1 Å². The molecule has 7 heteroatoms. The Hall–Kier alpha value is -1.46. The zero-order chi connectivity index (χ0) is 16.8. The van der Waals surface area contributed by atoms with Crippen molar-refractivity contribution in [1.82, 2.24) is 5.32 Å². The molecular weight excluding hydrogens is 341 g/mol. The molecule has 0 spiro atoms. The van der Waals surface area contributed by atoms with Crippen molar-refractivity contribution < 1.29 is 19.1 Å². The molecule has 0 radical (unpaired) electrons. The number of benzene rings is 1. The molecule has 1 aliphatic rings. The van der Waals surface area contributed by atoms with Gasteiger partial charge in [-0.3, -0.25) is 9.59 Å². The second-order valence-corrected chi connectivity index (χ2v) is 6.29. The summed E-state index contributed by atoms with van der Waals surface area (Å²) in [5.74, 6) is -0.152. The SMILES string of the molecule is C[C@@H](OC(=O)CCCOc1ccc(Cl)cc1Cl)C(=O)NC1CC1. The number of rotatable bonds is 8. The summed E-state index contributed by atoms with van der Waals surface area (Å²) in [6.07, 6.45) is 1.87. The molecule has 1 aromatic carbocycles. The first kappa shape index (κ1) is 17.9. The van der Waals surface area contributed by atoms with Gasteiger partial charge in [-0.15, -0.1) is 0 Å². The Balaban J connectivity index is 1.63. The van der Waals surface area contributed by atoms with E-state index in [2.05, 4.69) is 5.32 Å². The van der Waals surface area contributed by atoms with Crippen LogP contribution in [0.15, 0.2) is 18.2 Å². The van der Waals surface area contributed by atoms with Gasteiger partial charge >= 0.3 is 5.97 Å². The van der Waals surface area contributed by atoms with Gasteiger partial charge in [0.25, 0.3) is 5.91 Å². The summed E-state index contributed by atoms with van der Waals surface area (Å²) in [6, 6.07) is 5.19. The number of hydrogen-bond donors (Lipinski definition) is 1. The van der Waals surface area contributed by atoms with Crippen LogP contribution in [0, 0.1) is 0 Å². The highest BCUT2D eigenvalue weighted by atomic mass is 35.5. The molecule has 1 N–H and O–H groups in total. The van der Waals surface area contributed by atoms with E-state index < -0.39 is 12.1 Å². The van der Waals surface area contributed by atoms with Gasteiger partial charge in [-0.05, 0) is 44.4 Å². The van der Waals surface area contributed by atoms with Gasteiger partial charge in [0.15, 0.2) is 6.10 Å². The van der Waals surface area contributed by atoms with E-state index in [1.54, 1.807) is 25.1 Å². The van der Waals surface area contributed by atoms with Gasteiger partial charge in [-0.1, -0.05) is 23.2 Å². The fraction of sp³-hybridized carbons (Fsp3) is 0.500. The Morgan fingerprint density at radius 3 is 2.74 bits per heavy atom. The van der Waals surface area contributed by atoms with Crippen LogP contribution in [0.4, 0.5) is 0 Å². The maximum absolute atomic E-state index is 11.7. The van der Waals surface area contributed by atoms with Gasteiger partial charge < -0.3 is 14.8 Å². The zero-order valence-corrected chi connectivity index (χ0v) is 14.3. The lowest BCUT2D eigenvalue weighted by atomic mass is 10.3. The molecule has 0 heterocycles. The fourth-order valence-corrected chi connectivity index (χ4v) is 2.31. The van der Waals surface area contributed by atoms with E-state index in [-0.39, 0.29) is 18.4 Å². The minimum Gasteiger partial charge on any atom is -0.492 e. The van der Waals surface area contributed by atoms with Crippen molar-refractivity contribution in [2.45, 2.75) is 44.8 Å².